The van der Waals surface area contributed by atoms with Crippen molar-refractivity contribution in [2.75, 3.05) is 6.61 Å². The second kappa shape index (κ2) is 8.95. The van der Waals surface area contributed by atoms with E-state index in [0.717, 1.165) is 21.5 Å². The van der Waals surface area contributed by atoms with Gasteiger partial charge in [-0.05, 0) is 31.4 Å². The molecular weight excluding hydrogens is 406 g/mol. The number of rotatable bonds is 7. The van der Waals surface area contributed by atoms with E-state index in [1.165, 1.54) is 4.57 Å². The minimum atomic E-state index is -0.520. The zero-order valence-electron chi connectivity index (χ0n) is 16.8. The maximum Gasteiger partial charge on any atom is 0.348 e. The van der Waals surface area contributed by atoms with Gasteiger partial charge in [0.25, 0.3) is 11.4 Å². The van der Waals surface area contributed by atoms with Gasteiger partial charge < -0.3 is 4.74 Å². The van der Waals surface area contributed by atoms with Crippen molar-refractivity contribution in [2.24, 2.45) is 11.6 Å². The van der Waals surface area contributed by atoms with E-state index in [-0.39, 0.29) is 19.0 Å². The van der Waals surface area contributed by atoms with Crippen molar-refractivity contribution in [1.29, 1.82) is 0 Å². The lowest BCUT2D eigenvalue weighted by atomic mass is 10.1. The van der Waals surface area contributed by atoms with Gasteiger partial charge in [-0.1, -0.05) is 30.3 Å². The number of aryl methyl sites for hydroxylation is 3. The summed E-state index contributed by atoms with van der Waals surface area (Å²) >= 11 is 1.09. The van der Waals surface area contributed by atoms with E-state index in [2.05, 4.69) is 5.10 Å². The molecule has 0 fully saturated rings. The minimum absolute atomic E-state index is 0.0710. The number of hydrazine groups is 1. The largest absolute Gasteiger partial charge is 0.462 e. The number of carbonyl (C=O) groups is 1. The molecule has 10 heteroatoms. The number of fused-ring (bicyclic) bond motifs is 1. The lowest BCUT2D eigenvalue weighted by molar-refractivity contribution is -0.472. The summed E-state index contributed by atoms with van der Waals surface area (Å²) in [5.74, 6) is 4.87. The number of hydrogen-bond acceptors (Lipinski definition) is 6. The monoisotopic (exact) mass is 430 g/mol. The minimum Gasteiger partial charge on any atom is -0.462 e. The lowest BCUT2D eigenvalue weighted by Crippen LogP contribution is -2.83. The topological polar surface area (TPSA) is 136 Å². The van der Waals surface area contributed by atoms with Crippen LogP contribution in [0.2, 0.25) is 0 Å². The normalized spacial score (nSPS) is 11.7. The molecule has 0 amide bonds. The number of thiophene rings is 1. The molecule has 0 atom stereocenters. The van der Waals surface area contributed by atoms with E-state index in [1.807, 2.05) is 30.3 Å². The maximum absolute atomic E-state index is 13.2. The number of hydrogen-bond donors (Lipinski definition) is 3. The number of hydrazone groups is 1. The van der Waals surface area contributed by atoms with Crippen LogP contribution in [-0.4, -0.2) is 27.5 Å². The fourth-order valence-corrected chi connectivity index (χ4v) is 4.44. The van der Waals surface area contributed by atoms with E-state index in [9.17, 15) is 14.4 Å². The molecule has 0 saturated carbocycles. The Bertz CT molecular complexity index is 1220. The molecule has 3 rings (SSSR count). The molecule has 0 radical (unpaired) electrons. The number of esters is 1. The van der Waals surface area contributed by atoms with Crippen LogP contribution in [0.4, 0.5) is 0 Å². The van der Waals surface area contributed by atoms with Gasteiger partial charge in [-0.3, -0.25) is 20.9 Å². The van der Waals surface area contributed by atoms with Crippen LogP contribution in [0.15, 0.2) is 39.9 Å². The first-order valence-electron chi connectivity index (χ1n) is 9.44. The van der Waals surface area contributed by atoms with Crippen molar-refractivity contribution in [2.45, 2.75) is 33.4 Å². The molecule has 0 unspecified atom stereocenters. The van der Waals surface area contributed by atoms with Crippen LogP contribution in [0.5, 0.6) is 0 Å². The fraction of sp³-hybridized carbons (Fsp3) is 0.300. The highest BCUT2D eigenvalue weighted by atomic mass is 32.1. The Morgan fingerprint density at radius 3 is 2.53 bits per heavy atom. The summed E-state index contributed by atoms with van der Waals surface area (Å²) in [6.07, 6.45) is 0.577. The van der Waals surface area contributed by atoms with Gasteiger partial charge in [0, 0.05) is 6.54 Å². The second-order valence-corrected chi connectivity index (χ2v) is 7.69. The quantitative estimate of drug-likeness (QED) is 0.149. The number of nitrogens with one attached hydrogen (secondary N) is 1. The molecule has 3 aromatic rings. The zero-order valence-corrected chi connectivity index (χ0v) is 17.6. The summed E-state index contributed by atoms with van der Waals surface area (Å²) < 4.78 is 7.65. The van der Waals surface area contributed by atoms with Crippen molar-refractivity contribution < 1.29 is 14.6 Å². The smallest absolute Gasteiger partial charge is 0.348 e. The Labute approximate surface area is 176 Å². The summed E-state index contributed by atoms with van der Waals surface area (Å²) in [4.78, 5) is 39.4. The number of benzene rings is 1. The Morgan fingerprint density at radius 1 is 1.20 bits per heavy atom. The third-order valence-corrected chi connectivity index (χ3v) is 6.03. The van der Waals surface area contributed by atoms with Crippen LogP contribution in [0.1, 0.15) is 27.7 Å². The number of ether oxygens (including phenoxy) is 1. The predicted molar refractivity (Wildman–Crippen MR) is 116 cm³/mol. The van der Waals surface area contributed by atoms with Crippen molar-refractivity contribution in [1.82, 2.24) is 9.13 Å². The highest BCUT2D eigenvalue weighted by Crippen LogP contribution is 2.28. The molecule has 0 spiro atoms. The summed E-state index contributed by atoms with van der Waals surface area (Å²) in [5.41, 5.74) is 6.23. The Morgan fingerprint density at radius 2 is 1.90 bits per heavy atom. The Balaban J connectivity index is 2.22. The van der Waals surface area contributed by atoms with Gasteiger partial charge in [-0.15, -0.1) is 11.3 Å². The van der Waals surface area contributed by atoms with Gasteiger partial charge in [0.05, 0.1) is 12.0 Å². The number of aromatic nitrogens is 2. The molecule has 0 aliphatic carbocycles. The molecule has 9 nitrogen and oxygen atoms in total. The van der Waals surface area contributed by atoms with Crippen LogP contribution < -0.4 is 27.9 Å². The van der Waals surface area contributed by atoms with E-state index in [0.29, 0.717) is 33.6 Å². The molecule has 0 saturated heterocycles. The Hall–Kier alpha value is -3.40. The van der Waals surface area contributed by atoms with Gasteiger partial charge in [0.2, 0.25) is 0 Å². The van der Waals surface area contributed by atoms with Crippen LogP contribution in [0, 0.1) is 6.92 Å². The first kappa shape index (κ1) is 21.3. The third-order valence-electron chi connectivity index (χ3n) is 4.74. The average molecular weight is 431 g/mol. The Kier molecular flexibility index (Phi) is 6.36. The highest BCUT2D eigenvalue weighted by molar-refractivity contribution is 7.20. The van der Waals surface area contributed by atoms with Crippen molar-refractivity contribution in [3.05, 3.63) is 67.2 Å². The molecule has 0 bridgehead atoms. The summed E-state index contributed by atoms with van der Waals surface area (Å²) in [6, 6.07) is 9.69. The molecule has 2 heterocycles. The molecule has 5 N–H and O–H groups in total. The van der Waals surface area contributed by atoms with Crippen molar-refractivity contribution >= 4 is 33.4 Å². The SMILES string of the molecule is CCOC(=O)c1sc2c(c1C)c(=O)n(C/C(N)=[NH+]/N)c(=O)n2CCc1ccccc1. The predicted octanol–water partition coefficient (Wildman–Crippen LogP) is -0.736. The van der Waals surface area contributed by atoms with Gasteiger partial charge in [-0.2, -0.15) is 5.10 Å². The standard InChI is InChI=1S/C20H23N5O4S/c1-3-29-19(27)16-12(2)15-17(26)25(11-14(21)23-22)20(28)24(18(15)30-16)10-9-13-7-5-4-6-8-13/h4-8H,3,9-11,22H2,1-2H3,(H2,21,23)/p+1. The van der Waals surface area contributed by atoms with Crippen LogP contribution in [0.25, 0.3) is 10.2 Å². The van der Waals surface area contributed by atoms with Crippen LogP contribution >= 0.6 is 11.3 Å². The van der Waals surface area contributed by atoms with Crippen LogP contribution in [-0.2, 0) is 24.2 Å². The second-order valence-electron chi connectivity index (χ2n) is 6.69. The van der Waals surface area contributed by atoms with Gasteiger partial charge >= 0.3 is 11.7 Å². The molecule has 30 heavy (non-hydrogen) atoms. The molecule has 0 aliphatic heterocycles. The summed E-state index contributed by atoms with van der Waals surface area (Å²) in [6.45, 7) is 3.75. The van der Waals surface area contributed by atoms with E-state index < -0.39 is 17.2 Å². The summed E-state index contributed by atoms with van der Waals surface area (Å²) in [5, 5.41) is 2.57. The fourth-order valence-electron chi connectivity index (χ4n) is 3.22. The number of nitrogens with zero attached hydrogens (tertiary/aromatic N) is 2. The molecule has 158 valence electrons. The zero-order chi connectivity index (χ0) is 21.8. The molecule has 2 aromatic heterocycles. The molecule has 0 aliphatic rings. The van der Waals surface area contributed by atoms with Crippen molar-refractivity contribution in [3.63, 3.8) is 0 Å². The first-order chi connectivity index (χ1) is 14.4. The maximum atomic E-state index is 13.2. The van der Waals surface area contributed by atoms with Gasteiger partial charge in [0.15, 0.2) is 0 Å². The average Bonchev–Trinajstić information content (AvgIpc) is 3.09. The van der Waals surface area contributed by atoms with Crippen LogP contribution in [0.3, 0.4) is 0 Å². The first-order valence-corrected chi connectivity index (χ1v) is 10.3. The molecule has 1 aromatic carbocycles. The van der Waals surface area contributed by atoms with E-state index >= 15 is 0 Å². The third kappa shape index (κ3) is 3.99. The van der Waals surface area contributed by atoms with Gasteiger partial charge in [0.1, 0.15) is 16.3 Å². The summed E-state index contributed by atoms with van der Waals surface area (Å²) in [7, 11) is 0. The number of carbonyl (C=O) groups excluding carboxylic acids is 1. The van der Waals surface area contributed by atoms with Crippen molar-refractivity contribution in [3.8, 4) is 0 Å². The van der Waals surface area contributed by atoms with E-state index in [1.54, 1.807) is 13.8 Å². The van der Waals surface area contributed by atoms with Gasteiger partial charge in [-0.25, -0.2) is 14.2 Å². The van der Waals surface area contributed by atoms with E-state index in [4.69, 9.17) is 16.3 Å². The molecular formula is C20H24N5O4S+. The lowest BCUT2D eigenvalue weighted by Gasteiger charge is -2.11. The number of amidine groups is 1. The highest BCUT2D eigenvalue weighted by Gasteiger charge is 2.24. The number of nitrogens with two attached hydrogens (primary N) is 2.